The topological polar surface area (TPSA) is 13.1 Å². The maximum absolute atomic E-state index is 6.16. The third-order valence-corrected chi connectivity index (χ3v) is 9.44. The Morgan fingerprint density at radius 3 is 1.69 bits per heavy atom. The molecule has 1 aromatic heterocycles. The molecule has 2 aliphatic rings. The SMILES string of the molecule is Brc1cccc2oc3ccc(-c4ccc5c(c4)C4(c6ccccc6-c6ccccc64)c4ccccc4-5)cc3c12. The van der Waals surface area contributed by atoms with Gasteiger partial charge in [0.2, 0.25) is 0 Å². The highest BCUT2D eigenvalue weighted by Crippen LogP contribution is 2.63. The van der Waals surface area contributed by atoms with E-state index in [9.17, 15) is 0 Å². The van der Waals surface area contributed by atoms with E-state index in [1.807, 2.05) is 12.1 Å². The van der Waals surface area contributed by atoms with Crippen molar-refractivity contribution in [2.75, 3.05) is 0 Å². The molecule has 0 saturated carbocycles. The lowest BCUT2D eigenvalue weighted by Gasteiger charge is -2.30. The maximum atomic E-state index is 6.16. The van der Waals surface area contributed by atoms with Gasteiger partial charge in [0, 0.05) is 15.2 Å². The van der Waals surface area contributed by atoms with E-state index in [0.29, 0.717) is 0 Å². The highest BCUT2D eigenvalue weighted by atomic mass is 79.9. The Morgan fingerprint density at radius 1 is 0.462 bits per heavy atom. The minimum absolute atomic E-state index is 0.329. The van der Waals surface area contributed by atoms with Crippen molar-refractivity contribution in [1.82, 2.24) is 0 Å². The third kappa shape index (κ3) is 2.65. The summed E-state index contributed by atoms with van der Waals surface area (Å²) in [6.07, 6.45) is 0. The Bertz CT molecular complexity index is 2080. The van der Waals surface area contributed by atoms with E-state index in [-0.39, 0.29) is 5.41 Å². The second-order valence-corrected chi connectivity index (χ2v) is 11.4. The van der Waals surface area contributed by atoms with Gasteiger partial charge in [-0.2, -0.15) is 0 Å². The lowest BCUT2D eigenvalue weighted by Crippen LogP contribution is -2.25. The van der Waals surface area contributed by atoms with Gasteiger partial charge in [0.25, 0.3) is 0 Å². The van der Waals surface area contributed by atoms with Crippen LogP contribution >= 0.6 is 15.9 Å². The van der Waals surface area contributed by atoms with Gasteiger partial charge in [0.05, 0.1) is 5.41 Å². The van der Waals surface area contributed by atoms with Crippen molar-refractivity contribution in [3.8, 4) is 33.4 Å². The highest BCUT2D eigenvalue weighted by Gasteiger charge is 2.51. The zero-order valence-electron chi connectivity index (χ0n) is 20.9. The van der Waals surface area contributed by atoms with E-state index in [1.54, 1.807) is 0 Å². The fraction of sp³-hybridized carbons (Fsp3) is 0.0270. The van der Waals surface area contributed by atoms with Crippen molar-refractivity contribution in [3.63, 3.8) is 0 Å². The van der Waals surface area contributed by atoms with Gasteiger partial charge in [0.1, 0.15) is 11.2 Å². The van der Waals surface area contributed by atoms with Crippen molar-refractivity contribution < 1.29 is 4.42 Å². The summed E-state index contributed by atoms with van der Waals surface area (Å²) in [5.74, 6) is 0. The van der Waals surface area contributed by atoms with Crippen LogP contribution in [0.5, 0.6) is 0 Å². The predicted molar refractivity (Wildman–Crippen MR) is 163 cm³/mol. The molecule has 1 spiro atoms. The highest BCUT2D eigenvalue weighted by molar-refractivity contribution is 9.10. The molecular formula is C37H21BrO. The zero-order chi connectivity index (χ0) is 25.7. The first-order valence-electron chi connectivity index (χ1n) is 13.3. The quantitative estimate of drug-likeness (QED) is 0.194. The number of furan rings is 1. The Hall–Kier alpha value is -4.40. The van der Waals surface area contributed by atoms with Gasteiger partial charge < -0.3 is 4.42 Å². The molecule has 0 unspecified atom stereocenters. The second-order valence-electron chi connectivity index (χ2n) is 10.6. The average Bonchev–Trinajstić information content (AvgIpc) is 3.61. The molecule has 0 bridgehead atoms. The molecule has 1 heterocycles. The standard InChI is InChI=1S/C37H21BrO/c38-33-14-7-15-35-36(33)28-20-22(17-19-34(28)39-35)23-16-18-27-26-10-3-6-13-31(26)37(32(27)21-23)29-11-4-1-8-24(29)25-9-2-5-12-30(25)37/h1-21H. The van der Waals surface area contributed by atoms with Crippen molar-refractivity contribution in [2.45, 2.75) is 5.41 Å². The van der Waals surface area contributed by atoms with Crippen LogP contribution in [0.4, 0.5) is 0 Å². The molecule has 6 aromatic carbocycles. The van der Waals surface area contributed by atoms with E-state index >= 15 is 0 Å². The Labute approximate surface area is 234 Å². The van der Waals surface area contributed by atoms with Crippen molar-refractivity contribution in [2.24, 2.45) is 0 Å². The van der Waals surface area contributed by atoms with E-state index < -0.39 is 0 Å². The first-order valence-corrected chi connectivity index (χ1v) is 14.1. The van der Waals surface area contributed by atoms with Crippen LogP contribution in [0.25, 0.3) is 55.3 Å². The summed E-state index contributed by atoms with van der Waals surface area (Å²) in [6.45, 7) is 0. The molecular weight excluding hydrogens is 540 g/mol. The van der Waals surface area contributed by atoms with Crippen LogP contribution in [-0.4, -0.2) is 0 Å². The van der Waals surface area contributed by atoms with Crippen LogP contribution in [0.15, 0.2) is 136 Å². The normalized spacial score (nSPS) is 14.0. The average molecular weight is 561 g/mol. The van der Waals surface area contributed by atoms with Gasteiger partial charge in [-0.25, -0.2) is 0 Å². The molecule has 0 atom stereocenters. The van der Waals surface area contributed by atoms with Crippen molar-refractivity contribution in [1.29, 1.82) is 0 Å². The lowest BCUT2D eigenvalue weighted by atomic mass is 9.70. The molecule has 0 amide bonds. The largest absolute Gasteiger partial charge is 0.456 e. The first kappa shape index (κ1) is 21.5. The summed E-state index contributed by atoms with van der Waals surface area (Å²) >= 11 is 3.75. The summed E-state index contributed by atoms with van der Waals surface area (Å²) in [4.78, 5) is 0. The minimum atomic E-state index is -0.329. The molecule has 0 fully saturated rings. The van der Waals surface area contributed by atoms with Crippen molar-refractivity contribution >= 4 is 37.9 Å². The summed E-state index contributed by atoms with van der Waals surface area (Å²) < 4.78 is 7.22. The zero-order valence-corrected chi connectivity index (χ0v) is 22.5. The Balaban J connectivity index is 1.35. The fourth-order valence-electron chi connectivity index (χ4n) is 7.24. The van der Waals surface area contributed by atoms with Gasteiger partial charge in [-0.1, -0.05) is 113 Å². The molecule has 1 nitrogen and oxygen atoms in total. The summed E-state index contributed by atoms with van der Waals surface area (Å²) in [5, 5.41) is 2.25. The van der Waals surface area contributed by atoms with Crippen LogP contribution in [0.2, 0.25) is 0 Å². The van der Waals surface area contributed by atoms with E-state index in [0.717, 1.165) is 26.4 Å². The fourth-order valence-corrected chi connectivity index (χ4v) is 7.80. The molecule has 0 radical (unpaired) electrons. The molecule has 2 heteroatoms. The summed E-state index contributed by atoms with van der Waals surface area (Å²) in [5.41, 5.74) is 14.7. The second kappa shape index (κ2) is 7.59. The van der Waals surface area contributed by atoms with Gasteiger partial charge in [-0.15, -0.1) is 0 Å². The summed E-state index contributed by atoms with van der Waals surface area (Å²) in [7, 11) is 0. The molecule has 2 aliphatic carbocycles. The third-order valence-electron chi connectivity index (χ3n) is 8.77. The van der Waals surface area contributed by atoms with Crippen LogP contribution < -0.4 is 0 Å². The maximum Gasteiger partial charge on any atom is 0.136 e. The smallest absolute Gasteiger partial charge is 0.136 e. The van der Waals surface area contributed by atoms with E-state index in [1.165, 1.54) is 55.6 Å². The number of benzene rings is 6. The lowest BCUT2D eigenvalue weighted by molar-refractivity contribution is 0.669. The van der Waals surface area contributed by atoms with E-state index in [4.69, 9.17) is 4.42 Å². The van der Waals surface area contributed by atoms with E-state index in [2.05, 4.69) is 131 Å². The van der Waals surface area contributed by atoms with Crippen LogP contribution in [0.1, 0.15) is 22.3 Å². The van der Waals surface area contributed by atoms with Crippen LogP contribution in [0, 0.1) is 0 Å². The number of halogens is 1. The monoisotopic (exact) mass is 560 g/mol. The molecule has 9 rings (SSSR count). The minimum Gasteiger partial charge on any atom is -0.456 e. The van der Waals surface area contributed by atoms with Crippen LogP contribution in [-0.2, 0) is 5.41 Å². The number of hydrogen-bond donors (Lipinski definition) is 0. The molecule has 0 saturated heterocycles. The Kier molecular flexibility index (Phi) is 4.19. The number of rotatable bonds is 1. The number of hydrogen-bond acceptors (Lipinski definition) is 1. The number of fused-ring (bicyclic) bond motifs is 13. The molecule has 0 aliphatic heterocycles. The molecule has 182 valence electrons. The Morgan fingerprint density at radius 2 is 1.03 bits per heavy atom. The van der Waals surface area contributed by atoms with Gasteiger partial charge in [0.15, 0.2) is 0 Å². The summed E-state index contributed by atoms with van der Waals surface area (Å²) in [6, 6.07) is 46.6. The van der Waals surface area contributed by atoms with Gasteiger partial charge >= 0.3 is 0 Å². The van der Waals surface area contributed by atoms with Crippen LogP contribution in [0.3, 0.4) is 0 Å². The van der Waals surface area contributed by atoms with Gasteiger partial charge in [-0.3, -0.25) is 0 Å². The van der Waals surface area contributed by atoms with Crippen molar-refractivity contribution in [3.05, 3.63) is 154 Å². The molecule has 39 heavy (non-hydrogen) atoms. The molecule has 7 aromatic rings. The first-order chi connectivity index (χ1) is 19.2. The predicted octanol–water partition coefficient (Wildman–Crippen LogP) is 10.4. The molecule has 0 N–H and O–H groups in total. The van der Waals surface area contributed by atoms with Gasteiger partial charge in [-0.05, 0) is 86.0 Å².